The van der Waals surface area contributed by atoms with E-state index in [1.54, 1.807) is 42.5 Å². The van der Waals surface area contributed by atoms with Crippen LogP contribution in [0.1, 0.15) is 65.3 Å². The molecule has 0 aromatic heterocycles. The lowest BCUT2D eigenvalue weighted by Gasteiger charge is -2.23. The second-order valence-corrected chi connectivity index (χ2v) is 9.67. The fourth-order valence-corrected chi connectivity index (χ4v) is 4.26. The molecule has 0 fully saturated rings. The van der Waals surface area contributed by atoms with Crippen molar-refractivity contribution in [1.29, 1.82) is 0 Å². The number of hydrogen-bond donors (Lipinski definition) is 3. The van der Waals surface area contributed by atoms with Gasteiger partial charge in [-0.25, -0.2) is 4.79 Å². The first kappa shape index (κ1) is 27.5. The average molecular weight is 503 g/mol. The largest absolute Gasteiger partial charge is 0.481 e. The minimum Gasteiger partial charge on any atom is -0.481 e. The molecule has 0 radical (unpaired) electrons. The predicted octanol–water partition coefficient (Wildman–Crippen LogP) is 6.45. The number of carbonyl (C=O) groups excluding carboxylic acids is 2. The molecule has 194 valence electrons. The minimum absolute atomic E-state index is 0.115. The fourth-order valence-electron chi connectivity index (χ4n) is 4.26. The van der Waals surface area contributed by atoms with E-state index < -0.39 is 12.1 Å². The molecule has 37 heavy (non-hydrogen) atoms. The number of aliphatic carboxylic acids is 1. The first-order valence-electron chi connectivity index (χ1n) is 12.4. The molecule has 1 unspecified atom stereocenters. The highest BCUT2D eigenvalue weighted by molar-refractivity contribution is 5.98. The monoisotopic (exact) mass is 502 g/mol. The van der Waals surface area contributed by atoms with Gasteiger partial charge in [-0.05, 0) is 68.0 Å². The van der Waals surface area contributed by atoms with Crippen molar-refractivity contribution in [2.45, 2.75) is 53.0 Å². The quantitative estimate of drug-likeness (QED) is 0.296. The summed E-state index contributed by atoms with van der Waals surface area (Å²) in [5, 5.41) is 15.0. The molecule has 2 amide bonds. The van der Waals surface area contributed by atoms with E-state index >= 15 is 0 Å². The Morgan fingerprint density at radius 1 is 0.919 bits per heavy atom. The number of aryl methyl sites for hydroxylation is 3. The fraction of sp³-hybridized carbons (Fsp3) is 0.300. The molecule has 3 aromatic rings. The highest BCUT2D eigenvalue weighted by Gasteiger charge is 2.21. The Bertz CT molecular complexity index is 1230. The Labute approximate surface area is 217 Å². The summed E-state index contributed by atoms with van der Waals surface area (Å²) in [5.41, 5.74) is 4.53. The van der Waals surface area contributed by atoms with Crippen LogP contribution in [0, 0.1) is 19.8 Å². The average Bonchev–Trinajstić information content (AvgIpc) is 2.82. The van der Waals surface area contributed by atoms with Gasteiger partial charge in [0.1, 0.15) is 5.75 Å². The number of benzene rings is 3. The Morgan fingerprint density at radius 2 is 1.59 bits per heavy atom. The highest BCUT2D eigenvalue weighted by Crippen LogP contribution is 2.26. The number of hydrogen-bond acceptors (Lipinski definition) is 4. The van der Waals surface area contributed by atoms with Crippen molar-refractivity contribution in [3.63, 3.8) is 0 Å². The topological polar surface area (TPSA) is 105 Å². The van der Waals surface area contributed by atoms with Gasteiger partial charge in [0, 0.05) is 17.7 Å². The molecule has 3 aromatic carbocycles. The van der Waals surface area contributed by atoms with Gasteiger partial charge >= 0.3 is 12.1 Å². The summed E-state index contributed by atoms with van der Waals surface area (Å²) in [6, 6.07) is 19.5. The Hall–Kier alpha value is -4.13. The second kappa shape index (κ2) is 12.7. The van der Waals surface area contributed by atoms with Crippen LogP contribution in [-0.4, -0.2) is 23.1 Å². The van der Waals surface area contributed by atoms with E-state index in [1.165, 1.54) is 0 Å². The van der Waals surface area contributed by atoms with Gasteiger partial charge in [0.05, 0.1) is 6.04 Å². The van der Waals surface area contributed by atoms with Crippen molar-refractivity contribution in [2.75, 3.05) is 5.32 Å². The van der Waals surface area contributed by atoms with Crippen molar-refractivity contribution < 1.29 is 24.2 Å². The smallest absolute Gasteiger partial charge is 0.417 e. The molecule has 0 heterocycles. The van der Waals surface area contributed by atoms with Crippen LogP contribution >= 0.6 is 0 Å². The first-order valence-corrected chi connectivity index (χ1v) is 12.4. The van der Waals surface area contributed by atoms with Crippen LogP contribution in [0.3, 0.4) is 0 Å². The molecule has 7 nitrogen and oxygen atoms in total. The lowest BCUT2D eigenvalue weighted by Crippen LogP contribution is -2.30. The number of nitrogens with one attached hydrogen (secondary N) is 2. The summed E-state index contributed by atoms with van der Waals surface area (Å²) in [4.78, 5) is 37.2. The normalized spacial score (nSPS) is 11.6. The molecule has 3 N–H and O–H groups in total. The van der Waals surface area contributed by atoms with E-state index in [-0.39, 0.29) is 24.8 Å². The second-order valence-electron chi connectivity index (χ2n) is 9.67. The van der Waals surface area contributed by atoms with Gasteiger partial charge in [-0.15, -0.1) is 0 Å². The summed E-state index contributed by atoms with van der Waals surface area (Å²) in [7, 11) is 0. The third-order valence-electron chi connectivity index (χ3n) is 5.82. The van der Waals surface area contributed by atoms with Gasteiger partial charge < -0.3 is 15.2 Å². The number of anilines is 1. The summed E-state index contributed by atoms with van der Waals surface area (Å²) >= 11 is 0. The number of carboxylic acids is 1. The number of rotatable bonds is 10. The van der Waals surface area contributed by atoms with E-state index in [1.807, 2.05) is 19.9 Å². The summed E-state index contributed by atoms with van der Waals surface area (Å²) in [5.74, 6) is -0.558. The standard InChI is InChI=1S/C30H34N2O5/c1-19(2)14-27(23-16-20(3)15-21(4)17-23)32-29(35)26-18-24(12-10-22(26)11-13-28(33)34)31-30(36)37-25-8-6-5-7-9-25/h5-10,12,15-19,27H,11,13-14H2,1-4H3,(H,31,36)(H,32,35)(H,33,34). The lowest BCUT2D eigenvalue weighted by atomic mass is 9.93. The molecule has 0 saturated heterocycles. The van der Waals surface area contributed by atoms with Crippen LogP contribution in [0.15, 0.2) is 66.7 Å². The van der Waals surface area contributed by atoms with E-state index in [0.29, 0.717) is 28.5 Å². The highest BCUT2D eigenvalue weighted by atomic mass is 16.6. The maximum atomic E-state index is 13.6. The molecule has 0 aliphatic heterocycles. The Balaban J connectivity index is 1.87. The maximum Gasteiger partial charge on any atom is 0.417 e. The SMILES string of the molecule is Cc1cc(C)cc(C(CC(C)C)NC(=O)c2cc(NC(=O)Oc3ccccc3)ccc2CCC(=O)O)c1. The molecule has 7 heteroatoms. The van der Waals surface area contributed by atoms with Crippen LogP contribution in [0.25, 0.3) is 0 Å². The molecule has 0 saturated carbocycles. The number of carboxylic acid groups (broad SMARTS) is 1. The van der Waals surface area contributed by atoms with Crippen molar-refractivity contribution in [2.24, 2.45) is 5.92 Å². The summed E-state index contributed by atoms with van der Waals surface area (Å²) in [6.07, 6.45) is 0.116. The molecular weight excluding hydrogens is 468 g/mol. The van der Waals surface area contributed by atoms with Crippen LogP contribution < -0.4 is 15.4 Å². The molecule has 0 aliphatic carbocycles. The number of para-hydroxylation sites is 1. The van der Waals surface area contributed by atoms with Gasteiger partial charge in [0.15, 0.2) is 0 Å². The third kappa shape index (κ3) is 8.49. The van der Waals surface area contributed by atoms with Crippen LogP contribution in [-0.2, 0) is 11.2 Å². The van der Waals surface area contributed by atoms with Gasteiger partial charge in [-0.1, -0.05) is 67.4 Å². The third-order valence-corrected chi connectivity index (χ3v) is 5.82. The lowest BCUT2D eigenvalue weighted by molar-refractivity contribution is -0.136. The van der Waals surface area contributed by atoms with Gasteiger partial charge in [-0.3, -0.25) is 14.9 Å². The van der Waals surface area contributed by atoms with E-state index in [9.17, 15) is 19.5 Å². The number of carbonyl (C=O) groups is 3. The van der Waals surface area contributed by atoms with E-state index in [2.05, 4.69) is 42.7 Å². The Morgan fingerprint density at radius 3 is 2.22 bits per heavy atom. The van der Waals surface area contributed by atoms with Crippen molar-refractivity contribution in [1.82, 2.24) is 5.32 Å². The zero-order chi connectivity index (χ0) is 26.9. The van der Waals surface area contributed by atoms with Gasteiger partial charge in [0.25, 0.3) is 5.91 Å². The summed E-state index contributed by atoms with van der Waals surface area (Å²) in [6.45, 7) is 8.25. The van der Waals surface area contributed by atoms with Crippen LogP contribution in [0.2, 0.25) is 0 Å². The molecule has 0 bridgehead atoms. The van der Waals surface area contributed by atoms with Crippen LogP contribution in [0.4, 0.5) is 10.5 Å². The molecule has 1 atom stereocenters. The van der Waals surface area contributed by atoms with Gasteiger partial charge in [-0.2, -0.15) is 0 Å². The number of amides is 2. The van der Waals surface area contributed by atoms with Gasteiger partial charge in [0.2, 0.25) is 0 Å². The molecule has 0 aliphatic rings. The zero-order valence-electron chi connectivity index (χ0n) is 21.7. The molecule has 0 spiro atoms. The zero-order valence-corrected chi connectivity index (χ0v) is 21.7. The summed E-state index contributed by atoms with van der Waals surface area (Å²) < 4.78 is 5.29. The first-order chi connectivity index (χ1) is 17.6. The number of ether oxygens (including phenoxy) is 1. The van der Waals surface area contributed by atoms with E-state index in [0.717, 1.165) is 23.1 Å². The predicted molar refractivity (Wildman–Crippen MR) is 144 cm³/mol. The maximum absolute atomic E-state index is 13.6. The van der Waals surface area contributed by atoms with Crippen LogP contribution in [0.5, 0.6) is 5.75 Å². The Kier molecular flexibility index (Phi) is 9.44. The molecule has 3 rings (SSSR count). The molecular formula is C30H34N2O5. The minimum atomic E-state index is -0.951. The van der Waals surface area contributed by atoms with Crippen molar-refractivity contribution in [3.05, 3.63) is 94.5 Å². The van der Waals surface area contributed by atoms with E-state index in [4.69, 9.17) is 4.74 Å². The van der Waals surface area contributed by atoms with Crippen molar-refractivity contribution >= 4 is 23.7 Å². The van der Waals surface area contributed by atoms with Crippen molar-refractivity contribution in [3.8, 4) is 5.75 Å².